The summed E-state index contributed by atoms with van der Waals surface area (Å²) in [6.45, 7) is 2.05. The van der Waals surface area contributed by atoms with Gasteiger partial charge < -0.3 is 5.32 Å². The summed E-state index contributed by atoms with van der Waals surface area (Å²) in [5, 5.41) is 6.50. The van der Waals surface area contributed by atoms with Crippen molar-refractivity contribution in [3.63, 3.8) is 0 Å². The monoisotopic (exact) mass is 409 g/mol. The third-order valence-electron chi connectivity index (χ3n) is 4.15. The molecule has 2 heterocycles. The zero-order valence-electron chi connectivity index (χ0n) is 15.0. The minimum absolute atomic E-state index is 0.172. The number of rotatable bonds is 5. The van der Waals surface area contributed by atoms with Gasteiger partial charge in [-0.05, 0) is 30.7 Å². The largest absolute Gasteiger partial charge is 0.325 e. The van der Waals surface area contributed by atoms with E-state index in [0.717, 1.165) is 26.4 Å². The first-order valence-corrected chi connectivity index (χ1v) is 10.4. The van der Waals surface area contributed by atoms with Crippen LogP contribution in [0.25, 0.3) is 21.3 Å². The Kier molecular flexibility index (Phi) is 5.36. The van der Waals surface area contributed by atoms with Gasteiger partial charge in [0.05, 0.1) is 11.1 Å². The number of hydrogen-bond acceptors (Lipinski definition) is 5. The lowest BCUT2D eigenvalue weighted by molar-refractivity contribution is -0.113. The van der Waals surface area contributed by atoms with Crippen LogP contribution in [-0.2, 0) is 4.79 Å². The summed E-state index contributed by atoms with van der Waals surface area (Å²) in [6, 6.07) is 14.1. The molecule has 2 aromatic carbocycles. The zero-order chi connectivity index (χ0) is 19.5. The second kappa shape index (κ2) is 8.08. The van der Waals surface area contributed by atoms with E-state index < -0.39 is 0 Å². The van der Waals surface area contributed by atoms with Crippen molar-refractivity contribution in [2.75, 3.05) is 11.1 Å². The minimum atomic E-state index is -0.385. The molecule has 0 saturated heterocycles. The number of halogens is 1. The number of thioether (sulfide) groups is 1. The number of hydrogen-bond donors (Lipinski definition) is 1. The van der Waals surface area contributed by atoms with Crippen LogP contribution in [0.3, 0.4) is 0 Å². The van der Waals surface area contributed by atoms with Gasteiger partial charge in [0, 0.05) is 16.6 Å². The number of amides is 1. The summed E-state index contributed by atoms with van der Waals surface area (Å²) in [7, 11) is 0. The third-order valence-corrected chi connectivity index (χ3v) is 6.02. The van der Waals surface area contributed by atoms with Gasteiger partial charge in [0.2, 0.25) is 5.91 Å². The predicted octanol–water partition coefficient (Wildman–Crippen LogP) is 5.54. The van der Waals surface area contributed by atoms with Crippen LogP contribution in [0.1, 0.15) is 5.56 Å². The van der Waals surface area contributed by atoms with Crippen LogP contribution in [0.15, 0.2) is 65.3 Å². The predicted molar refractivity (Wildman–Crippen MR) is 113 cm³/mol. The fourth-order valence-corrected chi connectivity index (χ4v) is 4.59. The van der Waals surface area contributed by atoms with Gasteiger partial charge in [-0.1, -0.05) is 47.7 Å². The van der Waals surface area contributed by atoms with Crippen LogP contribution >= 0.6 is 23.1 Å². The van der Waals surface area contributed by atoms with Crippen molar-refractivity contribution in [1.82, 2.24) is 9.97 Å². The number of aromatic nitrogens is 2. The lowest BCUT2D eigenvalue weighted by atomic mass is 10.1. The average Bonchev–Trinajstić information content (AvgIpc) is 3.12. The van der Waals surface area contributed by atoms with Crippen molar-refractivity contribution in [3.8, 4) is 11.1 Å². The number of anilines is 1. The SMILES string of the molecule is Cc1ccc(-c2csc3ncnc(SCC(=O)Nc4cccc(F)c4)c23)cc1. The molecule has 2 aromatic heterocycles. The van der Waals surface area contributed by atoms with Crippen molar-refractivity contribution in [1.29, 1.82) is 0 Å². The molecule has 0 spiro atoms. The van der Waals surface area contributed by atoms with Crippen molar-refractivity contribution >= 4 is 44.9 Å². The van der Waals surface area contributed by atoms with E-state index in [0.29, 0.717) is 5.69 Å². The molecule has 0 saturated carbocycles. The van der Waals surface area contributed by atoms with Gasteiger partial charge >= 0.3 is 0 Å². The molecule has 0 radical (unpaired) electrons. The Labute approximate surface area is 169 Å². The quantitative estimate of drug-likeness (QED) is 0.347. The maximum atomic E-state index is 13.3. The Bertz CT molecular complexity index is 1140. The lowest BCUT2D eigenvalue weighted by Gasteiger charge is -2.07. The van der Waals surface area contributed by atoms with E-state index in [-0.39, 0.29) is 17.5 Å². The highest BCUT2D eigenvalue weighted by molar-refractivity contribution is 8.00. The molecule has 0 aliphatic rings. The minimum Gasteiger partial charge on any atom is -0.325 e. The topological polar surface area (TPSA) is 54.9 Å². The van der Waals surface area contributed by atoms with Gasteiger partial charge in [-0.25, -0.2) is 14.4 Å². The van der Waals surface area contributed by atoms with Gasteiger partial charge in [-0.3, -0.25) is 4.79 Å². The van der Waals surface area contributed by atoms with Crippen LogP contribution in [0, 0.1) is 12.7 Å². The van der Waals surface area contributed by atoms with Crippen molar-refractivity contribution in [2.24, 2.45) is 0 Å². The van der Waals surface area contributed by atoms with Crippen molar-refractivity contribution in [2.45, 2.75) is 11.9 Å². The molecule has 1 N–H and O–H groups in total. The first-order valence-electron chi connectivity index (χ1n) is 8.57. The highest BCUT2D eigenvalue weighted by Crippen LogP contribution is 2.37. The van der Waals surface area contributed by atoms with Crippen LogP contribution in [0.4, 0.5) is 10.1 Å². The van der Waals surface area contributed by atoms with Crippen LogP contribution in [0.2, 0.25) is 0 Å². The van der Waals surface area contributed by atoms with E-state index >= 15 is 0 Å². The third kappa shape index (κ3) is 4.05. The molecular weight excluding hydrogens is 393 g/mol. The van der Waals surface area contributed by atoms with Crippen molar-refractivity contribution < 1.29 is 9.18 Å². The summed E-state index contributed by atoms with van der Waals surface area (Å²) >= 11 is 2.91. The molecule has 4 aromatic rings. The second-order valence-electron chi connectivity index (χ2n) is 6.22. The lowest BCUT2D eigenvalue weighted by Crippen LogP contribution is -2.14. The van der Waals surface area contributed by atoms with E-state index in [1.54, 1.807) is 23.5 Å². The molecule has 4 nitrogen and oxygen atoms in total. The molecule has 0 aliphatic carbocycles. The van der Waals surface area contributed by atoms with E-state index in [2.05, 4.69) is 51.9 Å². The number of fused-ring (bicyclic) bond motifs is 1. The van der Waals surface area contributed by atoms with Gasteiger partial charge in [0.25, 0.3) is 0 Å². The maximum Gasteiger partial charge on any atom is 0.234 e. The zero-order valence-corrected chi connectivity index (χ0v) is 16.6. The number of carbonyl (C=O) groups is 1. The molecule has 0 fully saturated rings. The van der Waals surface area contributed by atoms with E-state index in [9.17, 15) is 9.18 Å². The molecule has 0 atom stereocenters. The molecule has 0 aliphatic heterocycles. The Morgan fingerprint density at radius 2 is 2.00 bits per heavy atom. The number of aryl methyl sites for hydroxylation is 1. The molecule has 0 unspecified atom stereocenters. The first kappa shape index (κ1) is 18.6. The van der Waals surface area contributed by atoms with Crippen LogP contribution < -0.4 is 5.32 Å². The molecule has 140 valence electrons. The standard InChI is InChI=1S/C21H16FN3OS2/c1-13-5-7-14(8-6-13)17-10-27-20-19(17)21(24-12-23-20)28-11-18(26)25-16-4-2-3-15(22)9-16/h2-10,12H,11H2,1H3,(H,25,26). The van der Waals surface area contributed by atoms with E-state index in [1.165, 1.54) is 35.8 Å². The van der Waals surface area contributed by atoms with E-state index in [1.807, 2.05) is 0 Å². The Hall–Kier alpha value is -2.77. The van der Waals surface area contributed by atoms with Crippen LogP contribution in [-0.4, -0.2) is 21.6 Å². The summed E-state index contributed by atoms with van der Waals surface area (Å²) in [4.78, 5) is 21.9. The Morgan fingerprint density at radius 3 is 2.79 bits per heavy atom. The number of nitrogens with one attached hydrogen (secondary N) is 1. The van der Waals surface area contributed by atoms with Gasteiger partial charge in [-0.2, -0.15) is 0 Å². The van der Waals surface area contributed by atoms with E-state index in [4.69, 9.17) is 0 Å². The second-order valence-corrected chi connectivity index (χ2v) is 8.04. The Balaban J connectivity index is 1.56. The first-order chi connectivity index (χ1) is 13.6. The molecule has 0 bridgehead atoms. The summed E-state index contributed by atoms with van der Waals surface area (Å²) < 4.78 is 13.3. The fourth-order valence-electron chi connectivity index (χ4n) is 2.80. The molecule has 4 rings (SSSR count). The summed E-state index contributed by atoms with van der Waals surface area (Å²) in [6.07, 6.45) is 1.52. The van der Waals surface area contributed by atoms with Crippen molar-refractivity contribution in [3.05, 3.63) is 71.6 Å². The number of thiophene rings is 1. The molecule has 28 heavy (non-hydrogen) atoms. The highest BCUT2D eigenvalue weighted by atomic mass is 32.2. The van der Waals surface area contributed by atoms with Gasteiger partial charge in [-0.15, -0.1) is 11.3 Å². The fraction of sp³-hybridized carbons (Fsp3) is 0.0952. The Morgan fingerprint density at radius 1 is 1.18 bits per heavy atom. The molecule has 7 heteroatoms. The van der Waals surface area contributed by atoms with Crippen LogP contribution in [0.5, 0.6) is 0 Å². The summed E-state index contributed by atoms with van der Waals surface area (Å²) in [5.74, 6) is -0.426. The average molecular weight is 410 g/mol. The maximum absolute atomic E-state index is 13.3. The van der Waals surface area contributed by atoms with Gasteiger partial charge in [0.1, 0.15) is 22.0 Å². The number of carbonyl (C=O) groups excluding carboxylic acids is 1. The number of nitrogens with zero attached hydrogens (tertiary/aromatic N) is 2. The molecular formula is C21H16FN3OS2. The summed E-state index contributed by atoms with van der Waals surface area (Å²) in [5.41, 5.74) is 3.80. The highest BCUT2D eigenvalue weighted by Gasteiger charge is 2.15. The number of benzene rings is 2. The van der Waals surface area contributed by atoms with Gasteiger partial charge in [0.15, 0.2) is 0 Å². The normalized spacial score (nSPS) is 10.9. The molecule has 1 amide bonds. The smallest absolute Gasteiger partial charge is 0.234 e.